The third-order valence-electron chi connectivity index (χ3n) is 2.37. The van der Waals surface area contributed by atoms with E-state index < -0.39 is 0 Å². The molecule has 0 atom stereocenters. The van der Waals surface area contributed by atoms with Crippen molar-refractivity contribution in [3.05, 3.63) is 53.6 Å². The first kappa shape index (κ1) is 11.4. The molecular formula is C13H13FN2O. The van der Waals surface area contributed by atoms with Gasteiger partial charge in [0.15, 0.2) is 0 Å². The SMILES string of the molecule is Cc1ccc(O)c(CNc2cccc(F)c2)n1. The Labute approximate surface area is 98.9 Å². The van der Waals surface area contributed by atoms with Crippen LogP contribution in [0.25, 0.3) is 0 Å². The highest BCUT2D eigenvalue weighted by Gasteiger charge is 2.03. The Morgan fingerprint density at radius 2 is 2.12 bits per heavy atom. The standard InChI is InChI=1S/C13H13FN2O/c1-9-5-6-13(17)12(16-9)8-15-11-4-2-3-10(14)7-11/h2-7,15,17H,8H2,1H3. The number of anilines is 1. The van der Waals surface area contributed by atoms with E-state index in [-0.39, 0.29) is 11.6 Å². The van der Waals surface area contributed by atoms with Gasteiger partial charge in [-0.15, -0.1) is 0 Å². The normalized spacial score (nSPS) is 10.2. The molecule has 0 aliphatic rings. The minimum absolute atomic E-state index is 0.138. The Balaban J connectivity index is 2.09. The van der Waals surface area contributed by atoms with Gasteiger partial charge in [-0.2, -0.15) is 0 Å². The zero-order valence-corrected chi connectivity index (χ0v) is 9.44. The molecule has 0 bridgehead atoms. The minimum atomic E-state index is -0.295. The van der Waals surface area contributed by atoms with E-state index in [1.54, 1.807) is 24.3 Å². The summed E-state index contributed by atoms with van der Waals surface area (Å²) in [6, 6.07) is 9.50. The third kappa shape index (κ3) is 2.93. The van der Waals surface area contributed by atoms with Crippen molar-refractivity contribution in [3.63, 3.8) is 0 Å². The molecule has 1 aromatic carbocycles. The van der Waals surface area contributed by atoms with Gasteiger partial charge < -0.3 is 10.4 Å². The van der Waals surface area contributed by atoms with Crippen molar-refractivity contribution < 1.29 is 9.50 Å². The van der Waals surface area contributed by atoms with Crippen molar-refractivity contribution in [1.82, 2.24) is 4.98 Å². The van der Waals surface area contributed by atoms with Crippen LogP contribution in [0.2, 0.25) is 0 Å². The maximum Gasteiger partial charge on any atom is 0.138 e. The molecule has 0 radical (unpaired) electrons. The van der Waals surface area contributed by atoms with Crippen molar-refractivity contribution in [2.24, 2.45) is 0 Å². The maximum atomic E-state index is 12.9. The quantitative estimate of drug-likeness (QED) is 0.855. The fraction of sp³-hybridized carbons (Fsp3) is 0.154. The summed E-state index contributed by atoms with van der Waals surface area (Å²) in [5.41, 5.74) is 2.04. The van der Waals surface area contributed by atoms with E-state index in [1.165, 1.54) is 12.1 Å². The van der Waals surface area contributed by atoms with E-state index in [0.717, 1.165) is 5.69 Å². The van der Waals surface area contributed by atoms with Gasteiger partial charge in [0, 0.05) is 11.4 Å². The van der Waals surface area contributed by atoms with Crippen LogP contribution < -0.4 is 5.32 Å². The van der Waals surface area contributed by atoms with Crippen LogP contribution in [0.5, 0.6) is 5.75 Å². The number of benzene rings is 1. The molecule has 2 aromatic rings. The largest absolute Gasteiger partial charge is 0.506 e. The topological polar surface area (TPSA) is 45.1 Å². The van der Waals surface area contributed by atoms with Crippen molar-refractivity contribution >= 4 is 5.69 Å². The van der Waals surface area contributed by atoms with Crippen molar-refractivity contribution in [1.29, 1.82) is 0 Å². The second-order valence-electron chi connectivity index (χ2n) is 3.78. The number of pyridine rings is 1. The van der Waals surface area contributed by atoms with Gasteiger partial charge in [0.2, 0.25) is 0 Å². The van der Waals surface area contributed by atoms with Crippen LogP contribution in [0.15, 0.2) is 36.4 Å². The summed E-state index contributed by atoms with van der Waals surface area (Å²) in [6.45, 7) is 2.21. The van der Waals surface area contributed by atoms with Crippen LogP contribution in [0.3, 0.4) is 0 Å². The van der Waals surface area contributed by atoms with Crippen LogP contribution >= 0.6 is 0 Å². The molecule has 1 heterocycles. The predicted molar refractivity (Wildman–Crippen MR) is 64.4 cm³/mol. The lowest BCUT2D eigenvalue weighted by molar-refractivity contribution is 0.464. The number of rotatable bonds is 3. The van der Waals surface area contributed by atoms with Gasteiger partial charge in [-0.25, -0.2) is 4.39 Å². The van der Waals surface area contributed by atoms with E-state index in [1.807, 2.05) is 6.92 Å². The lowest BCUT2D eigenvalue weighted by Gasteiger charge is -2.08. The summed E-state index contributed by atoms with van der Waals surface area (Å²) >= 11 is 0. The zero-order chi connectivity index (χ0) is 12.3. The van der Waals surface area contributed by atoms with Crippen LogP contribution in [0.1, 0.15) is 11.4 Å². The second-order valence-corrected chi connectivity index (χ2v) is 3.78. The van der Waals surface area contributed by atoms with Crippen molar-refractivity contribution in [3.8, 4) is 5.75 Å². The van der Waals surface area contributed by atoms with Gasteiger partial charge in [-0.05, 0) is 37.3 Å². The monoisotopic (exact) mass is 232 g/mol. The molecule has 1 aromatic heterocycles. The fourth-order valence-electron chi connectivity index (χ4n) is 1.52. The van der Waals surface area contributed by atoms with Gasteiger partial charge in [0.05, 0.1) is 6.54 Å². The highest BCUT2D eigenvalue weighted by Crippen LogP contribution is 2.17. The molecule has 88 valence electrons. The Kier molecular flexibility index (Phi) is 3.23. The van der Waals surface area contributed by atoms with E-state index in [9.17, 15) is 9.50 Å². The smallest absolute Gasteiger partial charge is 0.138 e. The summed E-state index contributed by atoms with van der Waals surface area (Å²) in [5, 5.41) is 12.6. The molecule has 2 N–H and O–H groups in total. The second kappa shape index (κ2) is 4.82. The van der Waals surface area contributed by atoms with Crippen LogP contribution in [-0.4, -0.2) is 10.1 Å². The molecule has 3 nitrogen and oxygen atoms in total. The molecule has 0 saturated carbocycles. The van der Waals surface area contributed by atoms with Crippen LogP contribution in [0.4, 0.5) is 10.1 Å². The third-order valence-corrected chi connectivity index (χ3v) is 2.37. The average molecular weight is 232 g/mol. The number of nitrogens with one attached hydrogen (secondary N) is 1. The molecule has 0 fully saturated rings. The molecule has 2 rings (SSSR count). The summed E-state index contributed by atoms with van der Waals surface area (Å²) in [4.78, 5) is 4.20. The first-order valence-corrected chi connectivity index (χ1v) is 5.30. The number of aromatic nitrogens is 1. The lowest BCUT2D eigenvalue weighted by atomic mass is 10.2. The molecule has 0 saturated heterocycles. The number of nitrogens with zero attached hydrogens (tertiary/aromatic N) is 1. The molecule has 0 aliphatic heterocycles. The average Bonchev–Trinajstić information content (AvgIpc) is 2.30. The summed E-state index contributed by atoms with van der Waals surface area (Å²) in [7, 11) is 0. The number of hydrogen-bond acceptors (Lipinski definition) is 3. The Hall–Kier alpha value is -2.10. The Morgan fingerprint density at radius 1 is 1.29 bits per heavy atom. The van der Waals surface area contributed by atoms with Gasteiger partial charge in [-0.1, -0.05) is 6.07 Å². The van der Waals surface area contributed by atoms with Gasteiger partial charge in [0.1, 0.15) is 17.3 Å². The van der Waals surface area contributed by atoms with E-state index in [0.29, 0.717) is 17.9 Å². The van der Waals surface area contributed by atoms with E-state index in [2.05, 4.69) is 10.3 Å². The van der Waals surface area contributed by atoms with Gasteiger partial charge in [0.25, 0.3) is 0 Å². The number of halogens is 1. The predicted octanol–water partition coefficient (Wildman–Crippen LogP) is 2.85. The molecule has 4 heteroatoms. The molecule has 17 heavy (non-hydrogen) atoms. The highest BCUT2D eigenvalue weighted by molar-refractivity contribution is 5.44. The molecule has 0 spiro atoms. The Bertz CT molecular complexity index is 529. The Morgan fingerprint density at radius 3 is 2.88 bits per heavy atom. The first-order valence-electron chi connectivity index (χ1n) is 5.30. The van der Waals surface area contributed by atoms with E-state index in [4.69, 9.17) is 0 Å². The molecule has 0 unspecified atom stereocenters. The van der Waals surface area contributed by atoms with E-state index >= 15 is 0 Å². The highest BCUT2D eigenvalue weighted by atomic mass is 19.1. The van der Waals surface area contributed by atoms with Crippen LogP contribution in [0, 0.1) is 12.7 Å². The van der Waals surface area contributed by atoms with Crippen LogP contribution in [-0.2, 0) is 6.54 Å². The first-order chi connectivity index (χ1) is 8.15. The van der Waals surface area contributed by atoms with Crippen molar-refractivity contribution in [2.75, 3.05) is 5.32 Å². The number of aromatic hydroxyl groups is 1. The number of aryl methyl sites for hydroxylation is 1. The maximum absolute atomic E-state index is 12.9. The fourth-order valence-corrected chi connectivity index (χ4v) is 1.52. The lowest BCUT2D eigenvalue weighted by Crippen LogP contribution is -2.03. The van der Waals surface area contributed by atoms with Crippen molar-refractivity contribution in [2.45, 2.75) is 13.5 Å². The van der Waals surface area contributed by atoms with Gasteiger partial charge >= 0.3 is 0 Å². The number of hydrogen-bond donors (Lipinski definition) is 2. The van der Waals surface area contributed by atoms with Gasteiger partial charge in [-0.3, -0.25) is 4.98 Å². The summed E-state index contributed by atoms with van der Waals surface area (Å²) in [5.74, 6) is -0.157. The molecule has 0 amide bonds. The molecule has 0 aliphatic carbocycles. The summed E-state index contributed by atoms with van der Waals surface area (Å²) in [6.07, 6.45) is 0. The molecular weight excluding hydrogens is 219 g/mol. The minimum Gasteiger partial charge on any atom is -0.506 e. The summed E-state index contributed by atoms with van der Waals surface area (Å²) < 4.78 is 12.9. The zero-order valence-electron chi connectivity index (χ0n) is 9.44.